The Morgan fingerprint density at radius 3 is 0.969 bits per heavy atom. The van der Waals surface area contributed by atoms with Crippen LogP contribution < -0.4 is 10.2 Å². The van der Waals surface area contributed by atoms with Crippen molar-refractivity contribution in [3.05, 3.63) is 133 Å². The fourth-order valence-corrected chi connectivity index (χ4v) is 6.95. The third-order valence-electron chi connectivity index (χ3n) is 8.18. The van der Waals surface area contributed by atoms with Gasteiger partial charge >= 0.3 is 38.9 Å². The second kappa shape index (κ2) is 18.3. The van der Waals surface area contributed by atoms with E-state index in [4.69, 9.17) is 23.0 Å². The first-order valence-electron chi connectivity index (χ1n) is 15.6. The Kier molecular flexibility index (Phi) is 14.4. The summed E-state index contributed by atoms with van der Waals surface area (Å²) < 4.78 is 91.1. The largest absolute Gasteiger partial charge is 3.00 e. The molecule has 1 unspecified atom stereocenters. The number of nitrogens with zero attached hydrogens (tertiary/aromatic N) is 6. The summed E-state index contributed by atoms with van der Waals surface area (Å²) >= 11 is 0. The van der Waals surface area contributed by atoms with Crippen LogP contribution in [0.15, 0.2) is 87.5 Å². The van der Waals surface area contributed by atoms with Crippen LogP contribution in [0.1, 0.15) is 0 Å². The van der Waals surface area contributed by atoms with E-state index in [0.29, 0.717) is 30.3 Å². The van der Waals surface area contributed by atoms with Crippen molar-refractivity contribution >= 4 is 114 Å². The van der Waals surface area contributed by atoms with Crippen LogP contribution in [0.4, 0.5) is 34.1 Å². The minimum atomic E-state index is -4.66. The minimum Gasteiger partial charge on any atom is -0.867 e. The molecule has 0 aliphatic heterocycles. The maximum atomic E-state index is 11.9. The predicted octanol–water partition coefficient (Wildman–Crippen LogP) is 3.07. The van der Waals surface area contributed by atoms with Crippen molar-refractivity contribution in [1.29, 1.82) is 0 Å². The normalized spacial score (nSPS) is 12.0. The molecule has 0 saturated carbocycles. The van der Waals surface area contributed by atoms with Gasteiger partial charge in [-0.25, -0.2) is 4.55 Å². The number of benzene rings is 6. The van der Waals surface area contributed by atoms with Crippen molar-refractivity contribution in [3.63, 3.8) is 0 Å². The van der Waals surface area contributed by atoms with E-state index in [0.717, 1.165) is 42.5 Å². The zero-order valence-electron chi connectivity index (χ0n) is 30.5. The van der Waals surface area contributed by atoms with Crippen LogP contribution in [0.2, 0.25) is 0 Å². The zero-order valence-corrected chi connectivity index (χ0v) is 34.1. The number of non-ortho nitro benzene ring substituents is 3. The van der Waals surface area contributed by atoms with Crippen molar-refractivity contribution < 1.29 is 83.8 Å². The summed E-state index contributed by atoms with van der Waals surface area (Å²) in [5, 5.41) is 94.5. The number of rotatable bonds is 9. The van der Waals surface area contributed by atoms with Gasteiger partial charge in [-0.2, -0.15) is 21.0 Å². The molecule has 0 spiro atoms. The van der Waals surface area contributed by atoms with Crippen LogP contribution in [0.5, 0.6) is 17.2 Å². The zero-order chi connectivity index (χ0) is 47.8. The van der Waals surface area contributed by atoms with E-state index in [-0.39, 0.29) is 38.9 Å². The first-order chi connectivity index (χ1) is 28.9. The predicted molar refractivity (Wildman–Crippen MR) is 210 cm³/mol. The molecule has 0 aromatic heterocycles. The maximum Gasteiger partial charge on any atom is 3.00 e. The van der Waals surface area contributed by atoms with Crippen molar-refractivity contribution in [1.82, 2.24) is 0 Å². The summed E-state index contributed by atoms with van der Waals surface area (Å²) in [5.41, 5.74) is -4.95. The molecule has 0 aliphatic carbocycles. The maximum absolute atomic E-state index is 11.9. The Morgan fingerprint density at radius 1 is 0.422 bits per heavy atom. The molecule has 0 fully saturated rings. The first-order valence-corrected chi connectivity index (χ1v) is 19.9. The molecule has 34 heteroatoms. The second-order valence-electron chi connectivity index (χ2n) is 11.9. The number of nitro benzene ring substituents is 6. The number of hydrogen-bond acceptors (Lipinski definition) is 19. The molecule has 0 radical (unpaired) electrons. The third-order valence-corrected chi connectivity index (χ3v) is 10.8. The molecule has 6 aromatic carbocycles. The molecule has 0 heterocycles. The number of nitro groups is 6. The summed E-state index contributed by atoms with van der Waals surface area (Å²) in [7, 11) is -13.7. The fourth-order valence-electron chi connectivity index (χ4n) is 5.42. The Balaban J connectivity index is 0.000000253. The molecule has 1 atom stereocenters. The first kappa shape index (κ1) is 50.5. The van der Waals surface area contributed by atoms with Gasteiger partial charge in [0.05, 0.1) is 73.0 Å². The Morgan fingerprint density at radius 2 is 0.688 bits per heavy atom. The van der Waals surface area contributed by atoms with Gasteiger partial charge in [0, 0.05) is 0 Å². The molecule has 6 rings (SSSR count). The van der Waals surface area contributed by atoms with E-state index in [1.807, 2.05) is 0 Å². The molecule has 0 bridgehead atoms. The van der Waals surface area contributed by atoms with E-state index < -0.39 is 137 Å². The summed E-state index contributed by atoms with van der Waals surface area (Å²) in [6.07, 6.45) is 0. The van der Waals surface area contributed by atoms with Crippen molar-refractivity contribution in [2.24, 2.45) is 0 Å². The molecule has 330 valence electrons. The standard InChI is InChI=1S/3C10H6N2O8S.Al/c3*13-10-7-3-5(21(18,19)20)1-2-6(7)8(11(14)15)4-9(10)12(16)17;/h3*1-4,13H,(H,18,19,20);/q;;;+3. The minimum absolute atomic E-state index is 0. The van der Waals surface area contributed by atoms with E-state index in [1.54, 1.807) is 0 Å². The molecule has 30 nitrogen and oxygen atoms in total. The molecule has 6 aromatic rings. The molecule has 0 saturated heterocycles. The SMILES string of the molecule is O=[N+]([O-])c1cc([N+](=O)[O-])c2ccc(S(=O)(=O)O)cc2c1[O-].O=[N+]([O-])c1cc([N+](=O)[O-])c2ccc(S(=O)(=O)O)cc2c1[O-].O=[N+]([O-])c1cc([N+](=O)[O-])c2ccc(S(=O)(O)=[OH+])cc2c1[OH2+].[Al+3]. The van der Waals surface area contributed by atoms with Gasteiger partial charge in [-0.15, -0.1) is 4.21 Å². The van der Waals surface area contributed by atoms with Crippen molar-refractivity contribution in [2.75, 3.05) is 0 Å². The van der Waals surface area contributed by atoms with Crippen molar-refractivity contribution in [2.45, 2.75) is 14.7 Å². The molecule has 64 heavy (non-hydrogen) atoms. The second-order valence-corrected chi connectivity index (χ2v) is 16.2. The van der Waals surface area contributed by atoms with E-state index >= 15 is 0 Å². The fraction of sp³-hybridized carbons (Fsp3) is 0. The van der Waals surface area contributed by atoms with Gasteiger partial charge < -0.3 is 15.3 Å². The average molecular weight is 970 g/mol. The third kappa shape index (κ3) is 10.4. The van der Waals surface area contributed by atoms with Crippen molar-refractivity contribution in [3.8, 4) is 17.2 Å². The Labute approximate surface area is 362 Å². The van der Waals surface area contributed by atoms with Crippen LogP contribution >= 0.6 is 0 Å². The van der Waals surface area contributed by atoms with E-state index in [1.165, 1.54) is 0 Å². The summed E-state index contributed by atoms with van der Waals surface area (Å²) in [4.78, 5) is 57.3. The van der Waals surface area contributed by atoms with Crippen LogP contribution in [-0.2, 0) is 30.4 Å². The van der Waals surface area contributed by atoms with E-state index in [9.17, 15) is 91.9 Å². The van der Waals surface area contributed by atoms with Crippen LogP contribution in [-0.4, -0.2) is 90.9 Å². The van der Waals surface area contributed by atoms with Gasteiger partial charge in [0.1, 0.15) is 11.0 Å². The smallest absolute Gasteiger partial charge is 0.867 e. The van der Waals surface area contributed by atoms with Crippen LogP contribution in [0.25, 0.3) is 32.3 Å². The van der Waals surface area contributed by atoms with Gasteiger partial charge in [-0.3, -0.25) is 69.8 Å². The summed E-state index contributed by atoms with van der Waals surface area (Å²) in [5.74, 6) is -3.00. The molecular formula is C30H18AlN6O24S3+3. The Bertz CT molecular complexity index is 3030. The van der Waals surface area contributed by atoms with Gasteiger partial charge in [0.15, 0.2) is 0 Å². The molecule has 0 amide bonds. The quantitative estimate of drug-likeness (QED) is 0.0616. The number of fused-ring (bicyclic) bond motifs is 3. The molecule has 0 aliphatic rings. The van der Waals surface area contributed by atoms with Gasteiger partial charge in [0.25, 0.3) is 48.7 Å². The van der Waals surface area contributed by atoms with Crippen LogP contribution in [0.3, 0.4) is 0 Å². The van der Waals surface area contributed by atoms with E-state index in [2.05, 4.69) is 0 Å². The summed E-state index contributed by atoms with van der Waals surface area (Å²) in [6.45, 7) is 0. The summed E-state index contributed by atoms with van der Waals surface area (Å²) in [6, 6.07) is 9.45. The van der Waals surface area contributed by atoms with Gasteiger partial charge in [0.2, 0.25) is 0 Å². The van der Waals surface area contributed by atoms with Gasteiger partial charge in [-0.1, -0.05) is 0 Å². The van der Waals surface area contributed by atoms with Gasteiger partial charge in [-0.05, 0) is 76.9 Å². The molecule has 6 N–H and O–H groups in total. The topological polar surface area (TPSA) is 495 Å². The Hall–Kier alpha value is -7.84. The monoisotopic (exact) mass is 969 g/mol. The van der Waals surface area contributed by atoms with Crippen LogP contribution in [0, 0.1) is 60.7 Å². The number of hydrogen-bond donors (Lipinski definition) is 3. The average Bonchev–Trinajstić information content (AvgIpc) is 3.16. The molecular weight excluding hydrogens is 952 g/mol.